The van der Waals surface area contributed by atoms with Gasteiger partial charge in [0.05, 0.1) is 26.4 Å². The molecular formula is C35H42O18. The fourth-order valence-electron chi connectivity index (χ4n) is 6.49. The van der Waals surface area contributed by atoms with Crippen molar-refractivity contribution >= 4 is 41.9 Å². The average molecular weight is 751 g/mol. The van der Waals surface area contributed by atoms with Gasteiger partial charge in [0.2, 0.25) is 12.6 Å². The largest absolute Gasteiger partial charge is 0.497 e. The zero-order valence-corrected chi connectivity index (χ0v) is 30.0. The van der Waals surface area contributed by atoms with Gasteiger partial charge in [0.1, 0.15) is 41.3 Å². The number of benzene rings is 1. The van der Waals surface area contributed by atoms with Crippen LogP contribution in [0, 0.1) is 5.92 Å². The van der Waals surface area contributed by atoms with E-state index in [1.807, 2.05) is 0 Å². The van der Waals surface area contributed by atoms with Gasteiger partial charge in [-0.1, -0.05) is 12.1 Å². The first-order valence-corrected chi connectivity index (χ1v) is 16.3. The summed E-state index contributed by atoms with van der Waals surface area (Å²) in [6.45, 7) is 4.87. The van der Waals surface area contributed by atoms with Gasteiger partial charge in [-0.2, -0.15) is 0 Å². The Morgan fingerprint density at radius 2 is 1.43 bits per heavy atom. The van der Waals surface area contributed by atoms with Crippen molar-refractivity contribution in [1.29, 1.82) is 0 Å². The molecule has 2 N–H and O–H groups in total. The van der Waals surface area contributed by atoms with Gasteiger partial charge in [0, 0.05) is 40.2 Å². The first-order chi connectivity index (χ1) is 24.9. The SMILES string of the molecule is COC(=O)C1=COC(OC2OC(COC(C)=O)C(OC(C)=O)C(OC(C)=O)C2OC(C)=O)C2C1(O)CC(OC(=O)C=Cc1ccc(OC)cc1)C2(C)O. The molecule has 2 fully saturated rings. The Balaban J connectivity index is 1.71. The molecule has 18 nitrogen and oxygen atoms in total. The molecule has 0 bridgehead atoms. The third kappa shape index (κ3) is 9.31. The number of methoxy groups -OCH3 is 2. The Kier molecular flexibility index (Phi) is 12.9. The van der Waals surface area contributed by atoms with E-state index >= 15 is 0 Å². The fraction of sp³-hybridized carbons (Fsp3) is 0.543. The van der Waals surface area contributed by atoms with Gasteiger partial charge in [0.15, 0.2) is 18.3 Å². The number of hydrogen-bond donors (Lipinski definition) is 2. The highest BCUT2D eigenvalue weighted by Gasteiger charge is 2.69. The number of rotatable bonds is 12. The molecule has 2 aliphatic heterocycles. The van der Waals surface area contributed by atoms with Gasteiger partial charge in [0.25, 0.3) is 0 Å². The van der Waals surface area contributed by atoms with E-state index in [2.05, 4.69) is 0 Å². The molecule has 1 saturated heterocycles. The number of ether oxygens (including phenoxy) is 10. The summed E-state index contributed by atoms with van der Waals surface area (Å²) in [6.07, 6.45) is -8.43. The molecule has 0 amide bonds. The second-order valence-electron chi connectivity index (χ2n) is 12.6. The van der Waals surface area contributed by atoms with Crippen LogP contribution >= 0.6 is 0 Å². The number of fused-ring (bicyclic) bond motifs is 1. The molecule has 0 spiro atoms. The van der Waals surface area contributed by atoms with Crippen LogP contribution in [0.1, 0.15) is 46.6 Å². The van der Waals surface area contributed by atoms with Crippen LogP contribution in [0.25, 0.3) is 6.08 Å². The van der Waals surface area contributed by atoms with E-state index in [-0.39, 0.29) is 0 Å². The zero-order valence-electron chi connectivity index (χ0n) is 30.0. The van der Waals surface area contributed by atoms with Gasteiger partial charge in [-0.3, -0.25) is 19.2 Å². The highest BCUT2D eigenvalue weighted by molar-refractivity contribution is 5.91. The van der Waals surface area contributed by atoms with Crippen molar-refractivity contribution in [2.45, 2.75) is 95.3 Å². The topological polar surface area (TPSA) is 235 Å². The molecular weight excluding hydrogens is 708 g/mol. The number of carbonyl (C=O) groups is 6. The maximum atomic E-state index is 13.0. The molecule has 290 valence electrons. The maximum absolute atomic E-state index is 13.0. The van der Waals surface area contributed by atoms with Crippen LogP contribution in [-0.2, 0) is 71.4 Å². The van der Waals surface area contributed by atoms with E-state index in [1.54, 1.807) is 24.3 Å². The molecule has 1 aliphatic carbocycles. The number of aliphatic hydroxyl groups is 2. The lowest BCUT2D eigenvalue weighted by Gasteiger charge is -2.47. The van der Waals surface area contributed by atoms with Crippen LogP contribution in [0.5, 0.6) is 5.75 Å². The predicted octanol–water partition coefficient (Wildman–Crippen LogP) is 0.635. The molecule has 10 atom stereocenters. The molecule has 10 unspecified atom stereocenters. The standard InChI is InChI=1S/C35H42O18/c1-17(36)46-16-24-27(48-18(2)37)28(49-19(3)38)29(50-20(4)39)32(51-24)53-33-30-34(5,42)25(14-35(30,43)23(15-47-33)31(41)45-7)52-26(40)13-10-21-8-11-22(44-6)12-9-21/h8-13,15,24-25,27-30,32-33,42-43H,14,16H2,1-7H3. The van der Waals surface area contributed by atoms with Crippen LogP contribution in [0.2, 0.25) is 0 Å². The van der Waals surface area contributed by atoms with E-state index in [0.717, 1.165) is 47.1 Å². The van der Waals surface area contributed by atoms with Crippen LogP contribution in [-0.4, -0.2) is 121 Å². The van der Waals surface area contributed by atoms with Crippen molar-refractivity contribution < 1.29 is 86.3 Å². The lowest BCUT2D eigenvalue weighted by Crippen LogP contribution is -2.65. The van der Waals surface area contributed by atoms with Gasteiger partial charge in [-0.15, -0.1) is 0 Å². The molecule has 4 rings (SSSR count). The summed E-state index contributed by atoms with van der Waals surface area (Å²) < 4.78 is 54.8. The first-order valence-electron chi connectivity index (χ1n) is 16.3. The molecule has 2 heterocycles. The minimum atomic E-state index is -2.33. The smallest absolute Gasteiger partial charge is 0.339 e. The van der Waals surface area contributed by atoms with Crippen LogP contribution in [0.15, 0.2) is 42.2 Å². The predicted molar refractivity (Wildman–Crippen MR) is 174 cm³/mol. The van der Waals surface area contributed by atoms with Crippen LogP contribution in [0.3, 0.4) is 0 Å². The van der Waals surface area contributed by atoms with E-state index in [1.165, 1.54) is 20.1 Å². The number of carbonyl (C=O) groups excluding carboxylic acids is 6. The summed E-state index contributed by atoms with van der Waals surface area (Å²) in [5.74, 6) is -6.41. The molecule has 1 aromatic rings. The Morgan fingerprint density at radius 3 is 2.00 bits per heavy atom. The Labute approximate surface area is 303 Å². The lowest BCUT2D eigenvalue weighted by molar-refractivity contribution is -0.353. The monoisotopic (exact) mass is 750 g/mol. The van der Waals surface area contributed by atoms with Gasteiger partial charge >= 0.3 is 35.8 Å². The van der Waals surface area contributed by atoms with E-state index in [0.29, 0.717) is 11.3 Å². The highest BCUT2D eigenvalue weighted by atomic mass is 16.8. The van der Waals surface area contributed by atoms with Crippen molar-refractivity contribution in [3.63, 3.8) is 0 Å². The quantitative estimate of drug-likeness (QED) is 0.169. The zero-order chi connectivity index (χ0) is 39.2. The third-order valence-corrected chi connectivity index (χ3v) is 8.76. The normalized spacial score (nSPS) is 31.9. The van der Waals surface area contributed by atoms with E-state index in [4.69, 9.17) is 47.4 Å². The van der Waals surface area contributed by atoms with Gasteiger partial charge < -0.3 is 57.6 Å². The second-order valence-corrected chi connectivity index (χ2v) is 12.6. The summed E-state index contributed by atoms with van der Waals surface area (Å²) in [7, 11) is 2.56. The van der Waals surface area contributed by atoms with Gasteiger partial charge in [-0.25, -0.2) is 9.59 Å². The van der Waals surface area contributed by atoms with Crippen molar-refractivity contribution in [2.24, 2.45) is 5.92 Å². The number of esters is 6. The fourth-order valence-corrected chi connectivity index (χ4v) is 6.49. The van der Waals surface area contributed by atoms with Crippen LogP contribution < -0.4 is 4.74 Å². The number of hydrogen-bond acceptors (Lipinski definition) is 18. The molecule has 1 saturated carbocycles. The Bertz CT molecular complexity index is 1610. The summed E-state index contributed by atoms with van der Waals surface area (Å²) >= 11 is 0. The second kappa shape index (κ2) is 16.7. The van der Waals surface area contributed by atoms with Crippen molar-refractivity contribution in [3.8, 4) is 5.75 Å². The summed E-state index contributed by atoms with van der Waals surface area (Å²) in [4.78, 5) is 74.3. The van der Waals surface area contributed by atoms with E-state index < -0.39 is 115 Å². The summed E-state index contributed by atoms with van der Waals surface area (Å²) in [5, 5.41) is 24.1. The minimum Gasteiger partial charge on any atom is -0.497 e. The van der Waals surface area contributed by atoms with Crippen molar-refractivity contribution in [3.05, 3.63) is 47.7 Å². The Hall–Kier alpha value is -5.04. The van der Waals surface area contributed by atoms with Crippen LogP contribution in [0.4, 0.5) is 0 Å². The van der Waals surface area contributed by atoms with Gasteiger partial charge in [-0.05, 0) is 30.7 Å². The maximum Gasteiger partial charge on any atom is 0.339 e. The molecule has 3 aliphatic rings. The average Bonchev–Trinajstić information content (AvgIpc) is 3.29. The summed E-state index contributed by atoms with van der Waals surface area (Å²) in [5.41, 5.74) is -4.37. The molecule has 1 aromatic carbocycles. The molecule has 0 aromatic heterocycles. The molecule has 18 heteroatoms. The summed E-state index contributed by atoms with van der Waals surface area (Å²) in [6, 6.07) is 6.73. The van der Waals surface area contributed by atoms with E-state index in [9.17, 15) is 39.0 Å². The highest BCUT2D eigenvalue weighted by Crippen LogP contribution is 2.53. The molecule has 0 radical (unpaired) electrons. The van der Waals surface area contributed by atoms with Crippen molar-refractivity contribution in [1.82, 2.24) is 0 Å². The lowest BCUT2D eigenvalue weighted by atomic mass is 9.77. The third-order valence-electron chi connectivity index (χ3n) is 8.76. The van der Waals surface area contributed by atoms with Crippen molar-refractivity contribution in [2.75, 3.05) is 20.8 Å². The molecule has 53 heavy (non-hydrogen) atoms. The minimum absolute atomic E-state index is 0.445. The Morgan fingerprint density at radius 1 is 0.830 bits per heavy atom. The first kappa shape index (κ1) is 40.7.